The second-order valence-corrected chi connectivity index (χ2v) is 2.18. The Morgan fingerprint density at radius 3 is 2.78 bits per heavy atom. The lowest BCUT2D eigenvalue weighted by Crippen LogP contribution is -2.15. The van der Waals surface area contributed by atoms with Gasteiger partial charge in [-0.25, -0.2) is 0 Å². The summed E-state index contributed by atoms with van der Waals surface area (Å²) in [5, 5.41) is 8.60. The van der Waals surface area contributed by atoms with Crippen LogP contribution in [0.4, 0.5) is 0 Å². The highest BCUT2D eigenvalue weighted by atomic mass is 16.7. The van der Waals surface area contributed by atoms with E-state index in [0.29, 0.717) is 0 Å². The summed E-state index contributed by atoms with van der Waals surface area (Å²) in [6.45, 7) is 0.111. The highest BCUT2D eigenvalue weighted by molar-refractivity contribution is 4.65. The monoisotopic (exact) mass is 132 g/mol. The Hall–Kier alpha value is -0.120. The van der Waals surface area contributed by atoms with Gasteiger partial charge < -0.3 is 14.6 Å². The van der Waals surface area contributed by atoms with Crippen LogP contribution in [0, 0.1) is 0 Å². The van der Waals surface area contributed by atoms with Gasteiger partial charge in [0.2, 0.25) is 0 Å². The molecule has 2 atom stereocenters. The Morgan fingerprint density at radius 2 is 2.44 bits per heavy atom. The van der Waals surface area contributed by atoms with E-state index in [1.807, 2.05) is 0 Å². The van der Waals surface area contributed by atoms with Gasteiger partial charge in [-0.05, 0) is 6.42 Å². The van der Waals surface area contributed by atoms with Crippen LogP contribution >= 0.6 is 0 Å². The second-order valence-electron chi connectivity index (χ2n) is 2.18. The summed E-state index contributed by atoms with van der Waals surface area (Å²) in [5.41, 5.74) is 0. The second kappa shape index (κ2) is 3.15. The highest BCUT2D eigenvalue weighted by Crippen LogP contribution is 2.18. The molecule has 0 saturated carbocycles. The van der Waals surface area contributed by atoms with Crippen molar-refractivity contribution >= 4 is 0 Å². The molecular weight excluding hydrogens is 120 g/mol. The van der Waals surface area contributed by atoms with E-state index in [9.17, 15) is 0 Å². The quantitative estimate of drug-likeness (QED) is 0.580. The first-order chi connectivity index (χ1) is 4.36. The molecule has 0 bridgehead atoms. The van der Waals surface area contributed by atoms with Gasteiger partial charge >= 0.3 is 0 Å². The van der Waals surface area contributed by atoms with Crippen LogP contribution < -0.4 is 0 Å². The van der Waals surface area contributed by atoms with Crippen LogP contribution in [-0.2, 0) is 9.47 Å². The molecule has 1 saturated heterocycles. The van der Waals surface area contributed by atoms with Gasteiger partial charge in [0.05, 0.1) is 12.7 Å². The molecule has 9 heavy (non-hydrogen) atoms. The Labute approximate surface area is 54.6 Å². The van der Waals surface area contributed by atoms with E-state index < -0.39 is 0 Å². The van der Waals surface area contributed by atoms with Gasteiger partial charge in [-0.3, -0.25) is 0 Å². The molecule has 0 aromatic heterocycles. The maximum atomic E-state index is 8.60. The SMILES string of the molecule is CO[C@H]1CC[C@H](CO)O1. The van der Waals surface area contributed by atoms with Crippen LogP contribution in [0.15, 0.2) is 0 Å². The fraction of sp³-hybridized carbons (Fsp3) is 1.00. The van der Waals surface area contributed by atoms with Crippen LogP contribution in [0.5, 0.6) is 0 Å². The number of hydrogen-bond acceptors (Lipinski definition) is 3. The van der Waals surface area contributed by atoms with E-state index in [1.54, 1.807) is 7.11 Å². The first-order valence-electron chi connectivity index (χ1n) is 3.16. The maximum absolute atomic E-state index is 8.60. The maximum Gasteiger partial charge on any atom is 0.157 e. The van der Waals surface area contributed by atoms with Crippen LogP contribution in [0.2, 0.25) is 0 Å². The van der Waals surface area contributed by atoms with Gasteiger partial charge in [0, 0.05) is 13.5 Å². The summed E-state index contributed by atoms with van der Waals surface area (Å²) in [7, 11) is 1.62. The van der Waals surface area contributed by atoms with Crippen molar-refractivity contribution in [2.45, 2.75) is 25.2 Å². The van der Waals surface area contributed by atoms with E-state index in [2.05, 4.69) is 0 Å². The number of aliphatic hydroxyl groups is 1. The molecule has 0 spiro atoms. The molecule has 1 aliphatic heterocycles. The van der Waals surface area contributed by atoms with Crippen molar-refractivity contribution in [1.29, 1.82) is 0 Å². The molecule has 54 valence electrons. The van der Waals surface area contributed by atoms with Gasteiger partial charge in [0.25, 0.3) is 0 Å². The number of rotatable bonds is 2. The van der Waals surface area contributed by atoms with Crippen LogP contribution in [0.1, 0.15) is 12.8 Å². The van der Waals surface area contributed by atoms with Crippen LogP contribution in [-0.4, -0.2) is 31.2 Å². The summed E-state index contributed by atoms with van der Waals surface area (Å²) in [5.74, 6) is 0. The van der Waals surface area contributed by atoms with Crippen LogP contribution in [0.25, 0.3) is 0 Å². The summed E-state index contributed by atoms with van der Waals surface area (Å²) >= 11 is 0. The third kappa shape index (κ3) is 1.64. The smallest absolute Gasteiger partial charge is 0.157 e. The van der Waals surface area contributed by atoms with E-state index in [-0.39, 0.29) is 19.0 Å². The minimum absolute atomic E-state index is 0.00921. The molecule has 0 radical (unpaired) electrons. The molecule has 3 nitrogen and oxygen atoms in total. The Kier molecular flexibility index (Phi) is 2.45. The topological polar surface area (TPSA) is 38.7 Å². The molecule has 1 aliphatic rings. The molecule has 1 N–H and O–H groups in total. The van der Waals surface area contributed by atoms with Crippen molar-refractivity contribution in [3.05, 3.63) is 0 Å². The van der Waals surface area contributed by atoms with Gasteiger partial charge in [-0.15, -0.1) is 0 Å². The summed E-state index contributed by atoms with van der Waals surface area (Å²) in [6.07, 6.45) is 1.74. The zero-order valence-corrected chi connectivity index (χ0v) is 5.54. The summed E-state index contributed by atoms with van der Waals surface area (Å²) in [6, 6.07) is 0. The highest BCUT2D eigenvalue weighted by Gasteiger charge is 2.23. The first kappa shape index (κ1) is 6.99. The zero-order valence-electron chi connectivity index (χ0n) is 5.54. The van der Waals surface area contributed by atoms with Gasteiger partial charge in [0.1, 0.15) is 0 Å². The Bertz CT molecular complexity index is 74.4. The predicted molar refractivity (Wildman–Crippen MR) is 32.0 cm³/mol. The third-order valence-electron chi connectivity index (χ3n) is 1.54. The fourth-order valence-electron chi connectivity index (χ4n) is 0.980. The lowest BCUT2D eigenvalue weighted by atomic mass is 10.2. The molecule has 1 heterocycles. The Morgan fingerprint density at radius 1 is 1.67 bits per heavy atom. The van der Waals surface area contributed by atoms with E-state index in [4.69, 9.17) is 14.6 Å². The number of hydrogen-bond donors (Lipinski definition) is 1. The molecule has 0 amide bonds. The van der Waals surface area contributed by atoms with Gasteiger partial charge in [-0.1, -0.05) is 0 Å². The third-order valence-corrected chi connectivity index (χ3v) is 1.54. The lowest BCUT2D eigenvalue weighted by Gasteiger charge is -2.08. The number of aliphatic hydroxyl groups excluding tert-OH is 1. The van der Waals surface area contributed by atoms with Crippen molar-refractivity contribution in [3.63, 3.8) is 0 Å². The molecule has 1 rings (SSSR count). The van der Waals surface area contributed by atoms with Crippen molar-refractivity contribution in [2.24, 2.45) is 0 Å². The molecule has 0 aliphatic carbocycles. The minimum Gasteiger partial charge on any atom is -0.394 e. The van der Waals surface area contributed by atoms with Gasteiger partial charge in [-0.2, -0.15) is 0 Å². The summed E-state index contributed by atoms with van der Waals surface area (Å²) < 4.78 is 10.1. The number of methoxy groups -OCH3 is 1. The zero-order chi connectivity index (χ0) is 6.69. The molecule has 0 aromatic rings. The van der Waals surface area contributed by atoms with Gasteiger partial charge in [0.15, 0.2) is 6.29 Å². The van der Waals surface area contributed by atoms with Crippen molar-refractivity contribution in [3.8, 4) is 0 Å². The van der Waals surface area contributed by atoms with Crippen molar-refractivity contribution < 1.29 is 14.6 Å². The number of ether oxygens (including phenoxy) is 2. The molecule has 1 fully saturated rings. The molecular formula is C6H12O3. The van der Waals surface area contributed by atoms with Crippen molar-refractivity contribution in [1.82, 2.24) is 0 Å². The average Bonchev–Trinajstić information content (AvgIpc) is 2.34. The normalized spacial score (nSPS) is 35.3. The molecule has 0 unspecified atom stereocenters. The lowest BCUT2D eigenvalue weighted by molar-refractivity contribution is -0.122. The van der Waals surface area contributed by atoms with E-state index in [0.717, 1.165) is 12.8 Å². The summed E-state index contributed by atoms with van der Waals surface area (Å²) in [4.78, 5) is 0. The minimum atomic E-state index is -0.0813. The average molecular weight is 132 g/mol. The van der Waals surface area contributed by atoms with Crippen molar-refractivity contribution in [2.75, 3.05) is 13.7 Å². The van der Waals surface area contributed by atoms with E-state index >= 15 is 0 Å². The molecule has 0 aromatic carbocycles. The predicted octanol–water partition coefficient (Wildman–Crippen LogP) is 0.130. The van der Waals surface area contributed by atoms with E-state index in [1.165, 1.54) is 0 Å². The Balaban J connectivity index is 2.20. The molecule has 3 heteroatoms. The first-order valence-corrected chi connectivity index (χ1v) is 3.16. The largest absolute Gasteiger partial charge is 0.394 e. The fourth-order valence-corrected chi connectivity index (χ4v) is 0.980. The van der Waals surface area contributed by atoms with Crippen LogP contribution in [0.3, 0.4) is 0 Å². The standard InChI is InChI=1S/C6H12O3/c1-8-6-3-2-5(4-7)9-6/h5-7H,2-4H2,1H3/t5-,6-/m1/s1.